The molecule has 1 aliphatic rings. The third-order valence-corrected chi connectivity index (χ3v) is 3.67. The minimum atomic E-state index is 0.0336. The van der Waals surface area contributed by atoms with E-state index in [0.29, 0.717) is 12.5 Å². The van der Waals surface area contributed by atoms with Crippen LogP contribution < -0.4 is 5.32 Å². The fraction of sp³-hybridized carbons (Fsp3) is 0.533. The molecule has 0 unspecified atom stereocenters. The van der Waals surface area contributed by atoms with Crippen molar-refractivity contribution < 1.29 is 9.90 Å². The molecule has 1 heterocycles. The van der Waals surface area contributed by atoms with Crippen LogP contribution in [0.15, 0.2) is 24.3 Å². The summed E-state index contributed by atoms with van der Waals surface area (Å²) in [6.07, 6.45) is 1.96. The van der Waals surface area contributed by atoms with Gasteiger partial charge in [-0.2, -0.15) is 0 Å². The Bertz CT molecular complexity index is 409. The lowest BCUT2D eigenvalue weighted by atomic mass is 9.98. The van der Waals surface area contributed by atoms with Gasteiger partial charge in [0, 0.05) is 12.3 Å². The van der Waals surface area contributed by atoms with Gasteiger partial charge in [-0.15, -0.1) is 0 Å². The normalized spacial score (nSPS) is 17.4. The van der Waals surface area contributed by atoms with E-state index in [1.165, 1.54) is 5.56 Å². The van der Waals surface area contributed by atoms with E-state index in [1.54, 1.807) is 0 Å². The number of benzene rings is 1. The first-order chi connectivity index (χ1) is 9.17. The van der Waals surface area contributed by atoms with Crippen LogP contribution in [-0.2, 0) is 4.79 Å². The van der Waals surface area contributed by atoms with Gasteiger partial charge in [0.15, 0.2) is 0 Å². The summed E-state index contributed by atoms with van der Waals surface area (Å²) in [5.41, 5.74) is 2.03. The molecule has 1 fully saturated rings. The Morgan fingerprint density at radius 1 is 1.32 bits per heavy atom. The van der Waals surface area contributed by atoms with Crippen molar-refractivity contribution in [1.82, 2.24) is 4.90 Å². The third-order valence-electron chi connectivity index (χ3n) is 3.67. The summed E-state index contributed by atoms with van der Waals surface area (Å²) in [6, 6.07) is 7.82. The second kappa shape index (κ2) is 6.68. The fourth-order valence-electron chi connectivity index (χ4n) is 2.37. The van der Waals surface area contributed by atoms with E-state index in [2.05, 4.69) is 10.2 Å². The summed E-state index contributed by atoms with van der Waals surface area (Å²) in [6.45, 7) is 4.52. The van der Waals surface area contributed by atoms with Gasteiger partial charge in [0.2, 0.25) is 5.91 Å². The lowest BCUT2D eigenvalue weighted by Crippen LogP contribution is -2.39. The summed E-state index contributed by atoms with van der Waals surface area (Å²) in [5, 5.41) is 12.0. The van der Waals surface area contributed by atoms with Crippen molar-refractivity contribution in [3.8, 4) is 0 Å². The summed E-state index contributed by atoms with van der Waals surface area (Å²) in [5.74, 6) is 0.447. The molecule has 1 aliphatic heterocycles. The molecule has 4 heteroatoms. The quantitative estimate of drug-likeness (QED) is 0.867. The largest absolute Gasteiger partial charge is 0.396 e. The van der Waals surface area contributed by atoms with E-state index in [0.717, 1.165) is 31.6 Å². The van der Waals surface area contributed by atoms with Crippen molar-refractivity contribution in [2.45, 2.75) is 19.8 Å². The monoisotopic (exact) mass is 262 g/mol. The molecule has 0 aromatic heterocycles. The topological polar surface area (TPSA) is 52.6 Å². The number of nitrogens with one attached hydrogen (secondary N) is 1. The van der Waals surface area contributed by atoms with Gasteiger partial charge in [-0.3, -0.25) is 9.69 Å². The van der Waals surface area contributed by atoms with Gasteiger partial charge in [-0.05, 0) is 50.9 Å². The Hall–Kier alpha value is -1.39. The van der Waals surface area contributed by atoms with Gasteiger partial charge in [0.25, 0.3) is 0 Å². The average molecular weight is 262 g/mol. The number of anilines is 1. The molecule has 1 amide bonds. The zero-order valence-electron chi connectivity index (χ0n) is 11.4. The highest BCUT2D eigenvalue weighted by Gasteiger charge is 2.20. The van der Waals surface area contributed by atoms with Crippen LogP contribution in [-0.4, -0.2) is 42.2 Å². The first kappa shape index (κ1) is 14.0. The maximum atomic E-state index is 11.9. The van der Waals surface area contributed by atoms with Crippen LogP contribution in [0.2, 0.25) is 0 Å². The molecule has 4 nitrogen and oxygen atoms in total. The molecule has 0 saturated carbocycles. The highest BCUT2D eigenvalue weighted by molar-refractivity contribution is 5.92. The number of rotatable bonds is 4. The van der Waals surface area contributed by atoms with E-state index in [-0.39, 0.29) is 12.5 Å². The van der Waals surface area contributed by atoms with E-state index in [1.807, 2.05) is 31.2 Å². The zero-order valence-corrected chi connectivity index (χ0v) is 11.4. The summed E-state index contributed by atoms with van der Waals surface area (Å²) >= 11 is 0. The minimum Gasteiger partial charge on any atom is -0.396 e. The first-order valence-electron chi connectivity index (χ1n) is 6.87. The Balaban J connectivity index is 1.77. The van der Waals surface area contributed by atoms with Crippen molar-refractivity contribution in [3.63, 3.8) is 0 Å². The molecule has 1 aromatic rings. The number of piperidine rings is 1. The summed E-state index contributed by atoms with van der Waals surface area (Å²) in [4.78, 5) is 14.1. The van der Waals surface area contributed by atoms with Gasteiger partial charge in [0.1, 0.15) is 0 Å². The molecule has 0 bridgehead atoms. The van der Waals surface area contributed by atoms with Crippen LogP contribution in [0.4, 0.5) is 5.69 Å². The highest BCUT2D eigenvalue weighted by Crippen LogP contribution is 2.16. The standard InChI is InChI=1S/C15H22N2O2/c1-12-2-4-14(5-3-12)16-15(19)10-17-8-6-13(11-18)7-9-17/h2-5,13,18H,6-11H2,1H3,(H,16,19). The molecule has 0 spiro atoms. The van der Waals surface area contributed by atoms with E-state index < -0.39 is 0 Å². The lowest BCUT2D eigenvalue weighted by molar-refractivity contribution is -0.117. The minimum absolute atomic E-state index is 0.0336. The SMILES string of the molecule is Cc1ccc(NC(=O)CN2CCC(CO)CC2)cc1. The average Bonchev–Trinajstić information content (AvgIpc) is 2.42. The van der Waals surface area contributed by atoms with Gasteiger partial charge in [-0.1, -0.05) is 17.7 Å². The molecule has 0 atom stereocenters. The fourth-order valence-corrected chi connectivity index (χ4v) is 2.37. The smallest absolute Gasteiger partial charge is 0.238 e. The van der Waals surface area contributed by atoms with Crippen molar-refractivity contribution >= 4 is 11.6 Å². The maximum Gasteiger partial charge on any atom is 0.238 e. The Morgan fingerprint density at radius 3 is 2.53 bits per heavy atom. The maximum absolute atomic E-state index is 11.9. The Kier molecular flexibility index (Phi) is 4.93. The van der Waals surface area contributed by atoms with Crippen LogP contribution in [0.5, 0.6) is 0 Å². The lowest BCUT2D eigenvalue weighted by Gasteiger charge is -2.30. The van der Waals surface area contributed by atoms with Gasteiger partial charge in [0.05, 0.1) is 6.54 Å². The molecular formula is C15H22N2O2. The molecule has 19 heavy (non-hydrogen) atoms. The third kappa shape index (κ3) is 4.33. The van der Waals surface area contributed by atoms with Crippen LogP contribution in [0.25, 0.3) is 0 Å². The van der Waals surface area contributed by atoms with Crippen molar-refractivity contribution in [2.75, 3.05) is 31.6 Å². The van der Waals surface area contributed by atoms with E-state index in [4.69, 9.17) is 5.11 Å². The molecule has 2 rings (SSSR count). The Morgan fingerprint density at radius 2 is 1.95 bits per heavy atom. The predicted molar refractivity (Wildman–Crippen MR) is 76.1 cm³/mol. The molecule has 0 aliphatic carbocycles. The van der Waals surface area contributed by atoms with Crippen molar-refractivity contribution in [2.24, 2.45) is 5.92 Å². The summed E-state index contributed by atoms with van der Waals surface area (Å²) in [7, 11) is 0. The summed E-state index contributed by atoms with van der Waals surface area (Å²) < 4.78 is 0. The second-order valence-electron chi connectivity index (χ2n) is 5.32. The number of nitrogens with zero attached hydrogens (tertiary/aromatic N) is 1. The van der Waals surface area contributed by atoms with E-state index >= 15 is 0 Å². The van der Waals surface area contributed by atoms with Crippen molar-refractivity contribution in [1.29, 1.82) is 0 Å². The molecule has 1 aromatic carbocycles. The number of aliphatic hydroxyl groups excluding tert-OH is 1. The molecular weight excluding hydrogens is 240 g/mol. The number of likely N-dealkylation sites (tertiary alicyclic amines) is 1. The Labute approximate surface area is 114 Å². The number of aryl methyl sites for hydroxylation is 1. The first-order valence-corrected chi connectivity index (χ1v) is 6.87. The highest BCUT2D eigenvalue weighted by atomic mass is 16.3. The zero-order chi connectivity index (χ0) is 13.7. The van der Waals surface area contributed by atoms with Gasteiger partial charge < -0.3 is 10.4 Å². The number of amides is 1. The number of hydrogen-bond donors (Lipinski definition) is 2. The van der Waals surface area contributed by atoms with Gasteiger partial charge >= 0.3 is 0 Å². The van der Waals surface area contributed by atoms with Crippen LogP contribution in [0.3, 0.4) is 0 Å². The molecule has 104 valence electrons. The number of carbonyl (C=O) groups excluding carboxylic acids is 1. The van der Waals surface area contributed by atoms with Crippen LogP contribution in [0, 0.1) is 12.8 Å². The van der Waals surface area contributed by atoms with E-state index in [9.17, 15) is 4.79 Å². The van der Waals surface area contributed by atoms with Crippen LogP contribution in [0.1, 0.15) is 18.4 Å². The predicted octanol–water partition coefficient (Wildman–Crippen LogP) is 1.64. The van der Waals surface area contributed by atoms with Crippen molar-refractivity contribution in [3.05, 3.63) is 29.8 Å². The molecule has 2 N–H and O–H groups in total. The number of aliphatic hydroxyl groups is 1. The number of carbonyl (C=O) groups is 1. The van der Waals surface area contributed by atoms with Crippen LogP contribution >= 0.6 is 0 Å². The van der Waals surface area contributed by atoms with Gasteiger partial charge in [-0.25, -0.2) is 0 Å². The number of hydrogen-bond acceptors (Lipinski definition) is 3. The second-order valence-corrected chi connectivity index (χ2v) is 5.32. The molecule has 0 radical (unpaired) electrons. The molecule has 1 saturated heterocycles.